The highest BCUT2D eigenvalue weighted by Crippen LogP contribution is 2.09. The fourth-order valence-electron chi connectivity index (χ4n) is 1.23. The SMILES string of the molecule is CC(C)(C)OC(=O)N[C@H]1CC#CCC1. The van der Waals surface area contributed by atoms with E-state index >= 15 is 0 Å². The lowest BCUT2D eigenvalue weighted by atomic mass is 10.0. The van der Waals surface area contributed by atoms with Gasteiger partial charge in [0.25, 0.3) is 0 Å². The van der Waals surface area contributed by atoms with Gasteiger partial charge in [0.1, 0.15) is 5.60 Å². The van der Waals surface area contributed by atoms with Gasteiger partial charge >= 0.3 is 6.09 Å². The lowest BCUT2D eigenvalue weighted by Gasteiger charge is -2.23. The van der Waals surface area contributed by atoms with E-state index in [1.165, 1.54) is 0 Å². The molecule has 0 unspecified atom stereocenters. The second kappa shape index (κ2) is 4.36. The maximum absolute atomic E-state index is 11.3. The molecule has 0 saturated heterocycles. The van der Waals surface area contributed by atoms with E-state index in [2.05, 4.69) is 17.2 Å². The molecule has 1 atom stereocenters. The predicted octanol–water partition coefficient (Wildman–Crippen LogP) is 2.07. The van der Waals surface area contributed by atoms with Crippen molar-refractivity contribution in [2.45, 2.75) is 51.7 Å². The third-order valence-corrected chi connectivity index (χ3v) is 1.81. The number of ether oxygens (including phenoxy) is 1. The number of hydrogen-bond donors (Lipinski definition) is 1. The standard InChI is InChI=1S/C11H17NO2/c1-11(2,3)14-10(13)12-9-7-5-4-6-8-9/h9H,5,7-8H2,1-3H3,(H,12,13)/t9-/m1/s1. The Morgan fingerprint density at radius 2 is 2.14 bits per heavy atom. The highest BCUT2D eigenvalue weighted by Gasteiger charge is 2.19. The van der Waals surface area contributed by atoms with Crippen LogP contribution in [0.1, 0.15) is 40.0 Å². The first-order valence-corrected chi connectivity index (χ1v) is 4.92. The van der Waals surface area contributed by atoms with Gasteiger partial charge in [-0.05, 0) is 27.2 Å². The van der Waals surface area contributed by atoms with Gasteiger partial charge in [0, 0.05) is 18.9 Å². The summed E-state index contributed by atoms with van der Waals surface area (Å²) >= 11 is 0. The van der Waals surface area contributed by atoms with Crippen LogP contribution in [0.2, 0.25) is 0 Å². The topological polar surface area (TPSA) is 38.3 Å². The van der Waals surface area contributed by atoms with Crippen molar-refractivity contribution in [2.75, 3.05) is 0 Å². The molecule has 0 fully saturated rings. The van der Waals surface area contributed by atoms with Crippen LogP contribution in [0.4, 0.5) is 4.79 Å². The summed E-state index contributed by atoms with van der Waals surface area (Å²) in [6, 6.07) is 0.158. The number of carbonyl (C=O) groups is 1. The van der Waals surface area contributed by atoms with Gasteiger partial charge in [-0.25, -0.2) is 4.79 Å². The second-order valence-corrected chi connectivity index (χ2v) is 4.44. The van der Waals surface area contributed by atoms with E-state index in [-0.39, 0.29) is 12.1 Å². The first-order chi connectivity index (χ1) is 6.47. The molecule has 3 heteroatoms. The van der Waals surface area contributed by atoms with Gasteiger partial charge in [0.2, 0.25) is 0 Å². The van der Waals surface area contributed by atoms with E-state index in [9.17, 15) is 4.79 Å². The van der Waals surface area contributed by atoms with Crippen LogP contribution in [0.15, 0.2) is 0 Å². The minimum absolute atomic E-state index is 0.158. The Hall–Kier alpha value is -1.17. The molecule has 0 spiro atoms. The molecule has 0 radical (unpaired) electrons. The van der Waals surface area contributed by atoms with E-state index < -0.39 is 5.60 Å². The molecule has 1 aliphatic rings. The van der Waals surface area contributed by atoms with Crippen LogP contribution >= 0.6 is 0 Å². The first kappa shape index (κ1) is 10.9. The number of rotatable bonds is 1. The van der Waals surface area contributed by atoms with E-state index in [0.717, 1.165) is 19.3 Å². The number of carbonyl (C=O) groups excluding carboxylic acids is 1. The highest BCUT2D eigenvalue weighted by atomic mass is 16.6. The van der Waals surface area contributed by atoms with Gasteiger partial charge < -0.3 is 10.1 Å². The van der Waals surface area contributed by atoms with Crippen LogP contribution < -0.4 is 5.32 Å². The van der Waals surface area contributed by atoms with E-state index in [1.54, 1.807) is 0 Å². The van der Waals surface area contributed by atoms with E-state index in [0.29, 0.717) is 0 Å². The lowest BCUT2D eigenvalue weighted by molar-refractivity contribution is 0.0502. The summed E-state index contributed by atoms with van der Waals surface area (Å²) in [5.74, 6) is 5.98. The van der Waals surface area contributed by atoms with Gasteiger partial charge in [-0.1, -0.05) is 0 Å². The number of alkyl carbamates (subject to hydrolysis) is 1. The molecule has 0 heterocycles. The van der Waals surface area contributed by atoms with E-state index in [4.69, 9.17) is 4.74 Å². The van der Waals surface area contributed by atoms with Crippen molar-refractivity contribution in [1.29, 1.82) is 0 Å². The van der Waals surface area contributed by atoms with Gasteiger partial charge in [0.15, 0.2) is 0 Å². The second-order valence-electron chi connectivity index (χ2n) is 4.44. The van der Waals surface area contributed by atoms with E-state index in [1.807, 2.05) is 20.8 Å². The van der Waals surface area contributed by atoms with Crippen molar-refractivity contribution in [3.8, 4) is 11.8 Å². The molecule has 1 N–H and O–H groups in total. The monoisotopic (exact) mass is 195 g/mol. The summed E-state index contributed by atoms with van der Waals surface area (Å²) in [6.07, 6.45) is 2.18. The van der Waals surface area contributed by atoms with Crippen molar-refractivity contribution in [1.82, 2.24) is 5.32 Å². The van der Waals surface area contributed by atoms with Crippen LogP contribution in [-0.2, 0) is 4.74 Å². The maximum atomic E-state index is 11.3. The summed E-state index contributed by atoms with van der Waals surface area (Å²) in [7, 11) is 0. The van der Waals surface area contributed by atoms with Gasteiger partial charge in [0.05, 0.1) is 0 Å². The van der Waals surface area contributed by atoms with Crippen molar-refractivity contribution in [3.63, 3.8) is 0 Å². The lowest BCUT2D eigenvalue weighted by Crippen LogP contribution is -2.39. The summed E-state index contributed by atoms with van der Waals surface area (Å²) in [5.41, 5.74) is -0.426. The zero-order chi connectivity index (χ0) is 10.6. The summed E-state index contributed by atoms with van der Waals surface area (Å²) < 4.78 is 5.14. The van der Waals surface area contributed by atoms with Crippen molar-refractivity contribution < 1.29 is 9.53 Å². The fourth-order valence-corrected chi connectivity index (χ4v) is 1.23. The minimum atomic E-state index is -0.426. The average molecular weight is 195 g/mol. The molecule has 0 bridgehead atoms. The molecule has 1 amide bonds. The Bertz CT molecular complexity index is 267. The fraction of sp³-hybridized carbons (Fsp3) is 0.727. The Morgan fingerprint density at radius 3 is 2.64 bits per heavy atom. The van der Waals surface area contributed by atoms with Crippen molar-refractivity contribution >= 4 is 6.09 Å². The number of amides is 1. The molecule has 0 saturated carbocycles. The third-order valence-electron chi connectivity index (χ3n) is 1.81. The minimum Gasteiger partial charge on any atom is -0.444 e. The van der Waals surface area contributed by atoms with Crippen molar-refractivity contribution in [3.05, 3.63) is 0 Å². The Kier molecular flexibility index (Phi) is 3.40. The van der Waals surface area contributed by atoms with Crippen LogP contribution in [0.5, 0.6) is 0 Å². The summed E-state index contributed by atoms with van der Waals surface area (Å²) in [6.45, 7) is 5.56. The normalized spacial score (nSPS) is 20.6. The molecule has 0 aliphatic heterocycles. The summed E-state index contributed by atoms with van der Waals surface area (Å²) in [5, 5.41) is 2.81. The molecule has 1 rings (SSSR count). The van der Waals surface area contributed by atoms with Crippen LogP contribution in [0.3, 0.4) is 0 Å². The number of nitrogens with one attached hydrogen (secondary N) is 1. The van der Waals surface area contributed by atoms with Gasteiger partial charge in [-0.3, -0.25) is 0 Å². The molecule has 14 heavy (non-hydrogen) atoms. The zero-order valence-corrected chi connectivity index (χ0v) is 9.02. The van der Waals surface area contributed by atoms with Gasteiger partial charge in [-0.15, -0.1) is 11.8 Å². The Morgan fingerprint density at radius 1 is 1.43 bits per heavy atom. The predicted molar refractivity (Wildman–Crippen MR) is 54.8 cm³/mol. The van der Waals surface area contributed by atoms with Gasteiger partial charge in [-0.2, -0.15) is 0 Å². The maximum Gasteiger partial charge on any atom is 0.407 e. The Balaban J connectivity index is 2.31. The van der Waals surface area contributed by atoms with Crippen molar-refractivity contribution in [2.24, 2.45) is 0 Å². The molecular weight excluding hydrogens is 178 g/mol. The first-order valence-electron chi connectivity index (χ1n) is 4.92. The molecule has 0 aromatic rings. The Labute approximate surface area is 85.2 Å². The third kappa shape index (κ3) is 4.18. The average Bonchev–Trinajstić information content (AvgIpc) is 2.02. The molecule has 78 valence electrons. The molecule has 3 nitrogen and oxygen atoms in total. The smallest absolute Gasteiger partial charge is 0.407 e. The number of hydrogen-bond acceptors (Lipinski definition) is 2. The largest absolute Gasteiger partial charge is 0.444 e. The van der Waals surface area contributed by atoms with Crippen LogP contribution in [0, 0.1) is 11.8 Å². The molecule has 0 aromatic heterocycles. The molecule has 0 aromatic carbocycles. The van der Waals surface area contributed by atoms with Crippen LogP contribution in [0.25, 0.3) is 0 Å². The zero-order valence-electron chi connectivity index (χ0n) is 9.02. The quantitative estimate of drug-likeness (QED) is 0.650. The highest BCUT2D eigenvalue weighted by molar-refractivity contribution is 5.68. The van der Waals surface area contributed by atoms with Crippen LogP contribution in [-0.4, -0.2) is 17.7 Å². The molecule has 1 aliphatic carbocycles. The molecular formula is C11H17NO2. The summed E-state index contributed by atoms with van der Waals surface area (Å²) in [4.78, 5) is 11.3.